The van der Waals surface area contributed by atoms with Crippen molar-refractivity contribution in [1.29, 1.82) is 0 Å². The van der Waals surface area contributed by atoms with Crippen LogP contribution < -0.4 is 0 Å². The molecule has 0 bridgehead atoms. The van der Waals surface area contributed by atoms with Crippen molar-refractivity contribution in [2.24, 2.45) is 0 Å². The number of carboxylic acid groups (broad SMARTS) is 2. The Kier molecular flexibility index (Phi) is 3.66. The Morgan fingerprint density at radius 3 is 2.32 bits per heavy atom. The first-order valence-electron chi connectivity index (χ1n) is 5.78. The van der Waals surface area contributed by atoms with Gasteiger partial charge in [-0.15, -0.1) is 0 Å². The minimum atomic E-state index is -1.06. The molecule has 0 atom stereocenters. The van der Waals surface area contributed by atoms with E-state index in [-0.39, 0.29) is 18.7 Å². The van der Waals surface area contributed by atoms with Gasteiger partial charge in [0.05, 0.1) is 6.42 Å². The molecule has 2 aromatic rings. The molecule has 0 amide bonds. The highest BCUT2D eigenvalue weighted by Gasteiger charge is 2.14. The van der Waals surface area contributed by atoms with Crippen LogP contribution in [0, 0.1) is 0 Å². The molecule has 0 aliphatic heterocycles. The van der Waals surface area contributed by atoms with E-state index in [0.717, 1.165) is 11.1 Å². The number of rotatable bonds is 5. The number of carbonyl (C=O) groups is 2. The first-order chi connectivity index (χ1) is 9.08. The molecule has 1 aromatic carbocycles. The van der Waals surface area contributed by atoms with Crippen molar-refractivity contribution in [3.05, 3.63) is 48.3 Å². The lowest BCUT2D eigenvalue weighted by atomic mass is 10.1. The Balaban J connectivity index is 2.35. The SMILES string of the molecule is O=C(O)CCn1cc(-c2ccccc2)cc1C(=O)O. The fourth-order valence-electron chi connectivity index (χ4n) is 1.88. The van der Waals surface area contributed by atoms with Crippen LogP contribution in [0.2, 0.25) is 0 Å². The Morgan fingerprint density at radius 1 is 1.05 bits per heavy atom. The second kappa shape index (κ2) is 5.39. The molecule has 2 N–H and O–H groups in total. The van der Waals surface area contributed by atoms with Gasteiger partial charge in [0.2, 0.25) is 0 Å². The Bertz CT molecular complexity index is 601. The highest BCUT2D eigenvalue weighted by Crippen LogP contribution is 2.22. The van der Waals surface area contributed by atoms with Gasteiger partial charge in [-0.1, -0.05) is 30.3 Å². The van der Waals surface area contributed by atoms with Crippen molar-refractivity contribution < 1.29 is 19.8 Å². The Morgan fingerprint density at radius 2 is 1.74 bits per heavy atom. The molecule has 1 heterocycles. The topological polar surface area (TPSA) is 79.5 Å². The van der Waals surface area contributed by atoms with Gasteiger partial charge in [0.1, 0.15) is 5.69 Å². The molecule has 0 aliphatic rings. The van der Waals surface area contributed by atoms with E-state index in [4.69, 9.17) is 10.2 Å². The number of aliphatic carboxylic acids is 1. The number of benzene rings is 1. The molecule has 0 aliphatic carbocycles. The molecule has 98 valence electrons. The summed E-state index contributed by atoms with van der Waals surface area (Å²) in [4.78, 5) is 21.7. The van der Waals surface area contributed by atoms with Gasteiger partial charge in [0, 0.05) is 18.3 Å². The van der Waals surface area contributed by atoms with E-state index in [9.17, 15) is 9.59 Å². The monoisotopic (exact) mass is 259 g/mol. The van der Waals surface area contributed by atoms with E-state index in [1.807, 2.05) is 30.3 Å². The number of nitrogens with zero attached hydrogens (tertiary/aromatic N) is 1. The third-order valence-corrected chi connectivity index (χ3v) is 2.79. The van der Waals surface area contributed by atoms with Gasteiger partial charge < -0.3 is 14.8 Å². The van der Waals surface area contributed by atoms with Crippen molar-refractivity contribution >= 4 is 11.9 Å². The van der Waals surface area contributed by atoms with Crippen LogP contribution in [0.1, 0.15) is 16.9 Å². The average Bonchev–Trinajstić information content (AvgIpc) is 2.81. The van der Waals surface area contributed by atoms with Gasteiger partial charge in [-0.25, -0.2) is 4.79 Å². The maximum Gasteiger partial charge on any atom is 0.352 e. The van der Waals surface area contributed by atoms with Crippen LogP contribution in [0.4, 0.5) is 0 Å². The summed E-state index contributed by atoms with van der Waals surface area (Å²) in [7, 11) is 0. The first-order valence-corrected chi connectivity index (χ1v) is 5.78. The van der Waals surface area contributed by atoms with E-state index >= 15 is 0 Å². The number of aromatic nitrogens is 1. The number of carboxylic acids is 2. The molecule has 19 heavy (non-hydrogen) atoms. The Labute approximate surface area is 109 Å². The van der Waals surface area contributed by atoms with Gasteiger partial charge in [0.15, 0.2) is 0 Å². The van der Waals surface area contributed by atoms with E-state index in [0.29, 0.717) is 0 Å². The lowest BCUT2D eigenvalue weighted by Crippen LogP contribution is -2.10. The minimum Gasteiger partial charge on any atom is -0.481 e. The summed E-state index contributed by atoms with van der Waals surface area (Å²) in [6.07, 6.45) is 1.56. The first kappa shape index (κ1) is 12.9. The van der Waals surface area contributed by atoms with Crippen LogP contribution >= 0.6 is 0 Å². The standard InChI is InChI=1S/C14H13NO4/c16-13(17)6-7-15-9-11(8-12(15)14(18)19)10-4-2-1-3-5-10/h1-5,8-9H,6-7H2,(H,16,17)(H,18,19). The Hall–Kier alpha value is -2.56. The van der Waals surface area contributed by atoms with Crippen LogP contribution in [-0.2, 0) is 11.3 Å². The molecule has 2 rings (SSSR count). The summed E-state index contributed by atoms with van der Waals surface area (Å²) >= 11 is 0. The minimum absolute atomic E-state index is 0.0973. The van der Waals surface area contributed by atoms with Crippen molar-refractivity contribution in [3.8, 4) is 11.1 Å². The summed E-state index contributed by atoms with van der Waals surface area (Å²) in [5, 5.41) is 17.8. The predicted molar refractivity (Wildman–Crippen MR) is 69.1 cm³/mol. The van der Waals surface area contributed by atoms with Crippen LogP contribution in [0.3, 0.4) is 0 Å². The van der Waals surface area contributed by atoms with E-state index in [1.165, 1.54) is 4.57 Å². The van der Waals surface area contributed by atoms with Crippen molar-refractivity contribution in [1.82, 2.24) is 4.57 Å². The zero-order valence-corrected chi connectivity index (χ0v) is 10.1. The van der Waals surface area contributed by atoms with E-state index < -0.39 is 11.9 Å². The van der Waals surface area contributed by atoms with Crippen LogP contribution in [0.15, 0.2) is 42.6 Å². The maximum absolute atomic E-state index is 11.1. The summed E-state index contributed by atoms with van der Waals surface area (Å²) < 4.78 is 1.46. The average molecular weight is 259 g/mol. The van der Waals surface area contributed by atoms with E-state index in [1.54, 1.807) is 12.3 Å². The van der Waals surface area contributed by atoms with Crippen LogP contribution in [0.25, 0.3) is 11.1 Å². The largest absolute Gasteiger partial charge is 0.481 e. The van der Waals surface area contributed by atoms with Gasteiger partial charge in [-0.2, -0.15) is 0 Å². The second-order valence-corrected chi connectivity index (χ2v) is 4.12. The number of aryl methyl sites for hydroxylation is 1. The molecule has 5 nitrogen and oxygen atoms in total. The quantitative estimate of drug-likeness (QED) is 0.863. The summed E-state index contributed by atoms with van der Waals surface area (Å²) in [5.41, 5.74) is 1.77. The number of hydrogen-bond donors (Lipinski definition) is 2. The molecule has 0 radical (unpaired) electrons. The predicted octanol–water partition coefficient (Wildman–Crippen LogP) is 2.33. The lowest BCUT2D eigenvalue weighted by Gasteiger charge is -2.03. The number of hydrogen-bond acceptors (Lipinski definition) is 2. The van der Waals surface area contributed by atoms with E-state index in [2.05, 4.69) is 0 Å². The normalized spacial score (nSPS) is 10.3. The highest BCUT2D eigenvalue weighted by molar-refractivity contribution is 5.88. The summed E-state index contributed by atoms with van der Waals surface area (Å²) in [6.45, 7) is 0.143. The fraction of sp³-hybridized carbons (Fsp3) is 0.143. The van der Waals surface area contributed by atoms with Crippen LogP contribution in [0.5, 0.6) is 0 Å². The molecular weight excluding hydrogens is 246 g/mol. The van der Waals surface area contributed by atoms with Gasteiger partial charge >= 0.3 is 11.9 Å². The second-order valence-electron chi connectivity index (χ2n) is 4.12. The summed E-state index contributed by atoms with van der Waals surface area (Å²) in [6, 6.07) is 10.9. The molecule has 0 spiro atoms. The van der Waals surface area contributed by atoms with Gasteiger partial charge in [-0.05, 0) is 11.6 Å². The van der Waals surface area contributed by atoms with Crippen molar-refractivity contribution in [2.75, 3.05) is 0 Å². The number of aromatic carboxylic acids is 1. The smallest absolute Gasteiger partial charge is 0.352 e. The summed E-state index contributed by atoms with van der Waals surface area (Å²) in [5.74, 6) is -2.01. The molecular formula is C14H13NO4. The van der Waals surface area contributed by atoms with Gasteiger partial charge in [0.25, 0.3) is 0 Å². The van der Waals surface area contributed by atoms with Crippen molar-refractivity contribution in [3.63, 3.8) is 0 Å². The third-order valence-electron chi connectivity index (χ3n) is 2.79. The molecule has 0 unspecified atom stereocenters. The molecule has 5 heteroatoms. The third kappa shape index (κ3) is 3.01. The molecule has 0 fully saturated rings. The molecule has 0 saturated heterocycles. The lowest BCUT2D eigenvalue weighted by molar-refractivity contribution is -0.137. The highest BCUT2D eigenvalue weighted by atomic mass is 16.4. The van der Waals surface area contributed by atoms with Gasteiger partial charge in [-0.3, -0.25) is 4.79 Å². The molecule has 1 aromatic heterocycles. The molecule has 0 saturated carbocycles. The fourth-order valence-corrected chi connectivity index (χ4v) is 1.88. The van der Waals surface area contributed by atoms with Crippen LogP contribution in [-0.4, -0.2) is 26.7 Å². The maximum atomic E-state index is 11.1. The zero-order chi connectivity index (χ0) is 13.8. The zero-order valence-electron chi connectivity index (χ0n) is 10.1. The van der Waals surface area contributed by atoms with Crippen molar-refractivity contribution in [2.45, 2.75) is 13.0 Å².